The molecule has 1 aliphatic heterocycles. The van der Waals surface area contributed by atoms with E-state index in [1.165, 1.54) is 24.1 Å². The minimum atomic E-state index is -4.84. The highest BCUT2D eigenvalue weighted by molar-refractivity contribution is 8.00. The van der Waals surface area contributed by atoms with Crippen LogP contribution in [-0.4, -0.2) is 54.0 Å². The number of rotatable bonds is 7. The molecule has 1 fully saturated rings. The number of ether oxygens (including phenoxy) is 1. The zero-order chi connectivity index (χ0) is 22.4. The summed E-state index contributed by atoms with van der Waals surface area (Å²) < 4.78 is 45.4. The van der Waals surface area contributed by atoms with Crippen LogP contribution in [0.2, 0.25) is 5.02 Å². The molecule has 0 atom stereocenters. The van der Waals surface area contributed by atoms with Crippen molar-refractivity contribution < 1.29 is 22.7 Å². The van der Waals surface area contributed by atoms with Gasteiger partial charge in [0.15, 0.2) is 5.75 Å². The van der Waals surface area contributed by atoms with Crippen molar-refractivity contribution in [3.05, 3.63) is 58.6 Å². The van der Waals surface area contributed by atoms with Gasteiger partial charge in [0.25, 0.3) is 5.91 Å². The first-order chi connectivity index (χ1) is 14.7. The lowest BCUT2D eigenvalue weighted by atomic mass is 10.1. The van der Waals surface area contributed by atoms with E-state index in [4.69, 9.17) is 11.6 Å². The van der Waals surface area contributed by atoms with E-state index in [9.17, 15) is 18.0 Å². The number of carbonyl (C=O) groups excluding carboxylic acids is 1. The van der Waals surface area contributed by atoms with Crippen LogP contribution in [0.4, 0.5) is 18.9 Å². The number of halogens is 4. The van der Waals surface area contributed by atoms with Gasteiger partial charge in [0, 0.05) is 49.1 Å². The summed E-state index contributed by atoms with van der Waals surface area (Å²) in [6.45, 7) is 4.95. The quantitative estimate of drug-likeness (QED) is 0.554. The van der Waals surface area contributed by atoms with E-state index in [1.54, 1.807) is 4.90 Å². The fourth-order valence-corrected chi connectivity index (χ4v) is 3.83. The van der Waals surface area contributed by atoms with E-state index in [2.05, 4.69) is 14.4 Å². The maximum absolute atomic E-state index is 12.9. The molecule has 5 nitrogen and oxygen atoms in total. The minimum Gasteiger partial charge on any atom is -0.404 e. The Kier molecular flexibility index (Phi) is 7.96. The van der Waals surface area contributed by atoms with Gasteiger partial charge in [0.05, 0.1) is 5.69 Å². The number of hydrogen-bond acceptors (Lipinski definition) is 5. The molecule has 1 N–H and O–H groups in total. The summed E-state index contributed by atoms with van der Waals surface area (Å²) in [5.74, 6) is -0.0690. The fraction of sp³-hybridized carbons (Fsp3) is 0.381. The average Bonchev–Trinajstić information content (AvgIpc) is 2.73. The highest BCUT2D eigenvalue weighted by Gasteiger charge is 2.33. The standard InChI is InChI=1S/C21H23ClF3N3O2S/c1-2-31-26-18-8-5-16(13-19(18)30-21(23,24)25)20(29)28-11-9-27(10-12-28)14-15-3-6-17(22)7-4-15/h3-8,13,26H,2,9-12,14H2,1H3. The molecule has 3 rings (SSSR count). The molecule has 0 aliphatic carbocycles. The molecule has 1 heterocycles. The second kappa shape index (κ2) is 10.5. The minimum absolute atomic E-state index is 0.164. The molecule has 168 valence electrons. The molecular weight excluding hydrogens is 451 g/mol. The molecule has 31 heavy (non-hydrogen) atoms. The number of nitrogens with one attached hydrogen (secondary N) is 1. The molecular formula is C21H23ClF3N3O2S. The SMILES string of the molecule is CCSNc1ccc(C(=O)N2CCN(Cc3ccc(Cl)cc3)CC2)cc1OC(F)(F)F. The number of carbonyl (C=O) groups is 1. The van der Waals surface area contributed by atoms with E-state index < -0.39 is 12.1 Å². The molecule has 10 heteroatoms. The van der Waals surface area contributed by atoms with Crippen molar-refractivity contribution >= 4 is 35.1 Å². The van der Waals surface area contributed by atoms with Crippen LogP contribution in [0.15, 0.2) is 42.5 Å². The van der Waals surface area contributed by atoms with Crippen LogP contribution in [0.5, 0.6) is 5.75 Å². The third-order valence-electron chi connectivity index (χ3n) is 4.76. The first-order valence-corrected chi connectivity index (χ1v) is 11.1. The number of piperazine rings is 1. The second-order valence-corrected chi connectivity index (χ2v) is 8.50. The molecule has 0 spiro atoms. The monoisotopic (exact) mass is 473 g/mol. The predicted octanol–water partition coefficient (Wildman–Crippen LogP) is 5.28. The Labute approximate surface area is 188 Å². The topological polar surface area (TPSA) is 44.8 Å². The smallest absolute Gasteiger partial charge is 0.404 e. The zero-order valence-electron chi connectivity index (χ0n) is 16.9. The van der Waals surface area contributed by atoms with Crippen LogP contribution in [0.3, 0.4) is 0 Å². The molecule has 1 aliphatic rings. The molecule has 1 saturated heterocycles. The molecule has 1 amide bonds. The third kappa shape index (κ3) is 6.95. The summed E-state index contributed by atoms with van der Waals surface area (Å²) in [5.41, 5.74) is 1.47. The van der Waals surface area contributed by atoms with Gasteiger partial charge in [-0.3, -0.25) is 9.69 Å². The number of alkyl halides is 3. The number of amides is 1. The van der Waals surface area contributed by atoms with Crippen LogP contribution in [0.1, 0.15) is 22.8 Å². The Morgan fingerprint density at radius 2 is 1.81 bits per heavy atom. The van der Waals surface area contributed by atoms with Gasteiger partial charge in [-0.15, -0.1) is 13.2 Å². The van der Waals surface area contributed by atoms with Gasteiger partial charge in [0.1, 0.15) is 0 Å². The lowest BCUT2D eigenvalue weighted by Gasteiger charge is -2.35. The van der Waals surface area contributed by atoms with Crippen molar-refractivity contribution in [3.8, 4) is 5.75 Å². The van der Waals surface area contributed by atoms with Gasteiger partial charge in [-0.25, -0.2) is 0 Å². The van der Waals surface area contributed by atoms with E-state index in [-0.39, 0.29) is 17.2 Å². The first kappa shape index (κ1) is 23.6. The predicted molar refractivity (Wildman–Crippen MR) is 118 cm³/mol. The Hall–Kier alpha value is -2.10. The van der Waals surface area contributed by atoms with Crippen LogP contribution < -0.4 is 9.46 Å². The second-order valence-electron chi connectivity index (χ2n) is 6.99. The van der Waals surface area contributed by atoms with Gasteiger partial charge in [-0.1, -0.05) is 42.6 Å². The fourth-order valence-electron chi connectivity index (χ4n) is 3.24. The molecule has 0 unspecified atom stereocenters. The maximum atomic E-state index is 12.9. The van der Waals surface area contributed by atoms with E-state index in [0.29, 0.717) is 37.0 Å². The van der Waals surface area contributed by atoms with Crippen LogP contribution in [-0.2, 0) is 6.54 Å². The lowest BCUT2D eigenvalue weighted by molar-refractivity contribution is -0.274. The number of anilines is 1. The first-order valence-electron chi connectivity index (χ1n) is 9.79. The van der Waals surface area contributed by atoms with Gasteiger partial charge in [-0.05, 0) is 35.9 Å². The molecule has 2 aromatic carbocycles. The average molecular weight is 474 g/mol. The van der Waals surface area contributed by atoms with Gasteiger partial charge in [-0.2, -0.15) is 0 Å². The Bertz CT molecular complexity index is 888. The Balaban J connectivity index is 1.64. The van der Waals surface area contributed by atoms with Crippen LogP contribution >= 0.6 is 23.5 Å². The van der Waals surface area contributed by atoms with Gasteiger partial charge in [0.2, 0.25) is 0 Å². The normalized spacial score (nSPS) is 15.1. The summed E-state index contributed by atoms with van der Waals surface area (Å²) in [6, 6.07) is 11.7. The highest BCUT2D eigenvalue weighted by Crippen LogP contribution is 2.33. The summed E-state index contributed by atoms with van der Waals surface area (Å²) in [5, 5.41) is 0.683. The summed E-state index contributed by atoms with van der Waals surface area (Å²) in [7, 11) is 0. The lowest BCUT2D eigenvalue weighted by Crippen LogP contribution is -2.48. The molecule has 0 saturated carbocycles. The van der Waals surface area contributed by atoms with Crippen molar-refractivity contribution in [2.24, 2.45) is 0 Å². The Morgan fingerprint density at radius 1 is 1.13 bits per heavy atom. The van der Waals surface area contributed by atoms with E-state index >= 15 is 0 Å². The van der Waals surface area contributed by atoms with E-state index in [0.717, 1.165) is 18.2 Å². The van der Waals surface area contributed by atoms with Crippen molar-refractivity contribution in [3.63, 3.8) is 0 Å². The molecule has 0 radical (unpaired) electrons. The van der Waals surface area contributed by atoms with Crippen molar-refractivity contribution in [1.82, 2.24) is 9.80 Å². The summed E-state index contributed by atoms with van der Waals surface area (Å²) in [4.78, 5) is 16.7. The Morgan fingerprint density at radius 3 is 2.42 bits per heavy atom. The number of benzene rings is 2. The zero-order valence-corrected chi connectivity index (χ0v) is 18.5. The molecule has 0 bridgehead atoms. The number of nitrogens with zero attached hydrogens (tertiary/aromatic N) is 2. The summed E-state index contributed by atoms with van der Waals surface area (Å²) in [6.07, 6.45) is -4.84. The molecule has 2 aromatic rings. The van der Waals surface area contributed by atoms with Crippen molar-refractivity contribution in [2.75, 3.05) is 36.7 Å². The number of hydrogen-bond donors (Lipinski definition) is 1. The third-order valence-corrected chi connectivity index (χ3v) is 5.66. The van der Waals surface area contributed by atoms with E-state index in [1.807, 2.05) is 31.2 Å². The highest BCUT2D eigenvalue weighted by atomic mass is 35.5. The maximum Gasteiger partial charge on any atom is 0.573 e. The van der Waals surface area contributed by atoms with Crippen molar-refractivity contribution in [1.29, 1.82) is 0 Å². The largest absolute Gasteiger partial charge is 0.573 e. The van der Waals surface area contributed by atoms with Gasteiger partial charge < -0.3 is 14.4 Å². The summed E-state index contributed by atoms with van der Waals surface area (Å²) >= 11 is 7.15. The molecule has 0 aromatic heterocycles. The van der Waals surface area contributed by atoms with Crippen molar-refractivity contribution in [2.45, 2.75) is 19.8 Å². The van der Waals surface area contributed by atoms with Crippen LogP contribution in [0.25, 0.3) is 0 Å². The van der Waals surface area contributed by atoms with Crippen LogP contribution in [0, 0.1) is 0 Å². The van der Waals surface area contributed by atoms with Gasteiger partial charge >= 0.3 is 6.36 Å².